The number of rotatable bonds is 16. The highest BCUT2D eigenvalue weighted by atomic mass is 19.1. The maximum absolute atomic E-state index is 14.5. The van der Waals surface area contributed by atoms with Crippen LogP contribution in [0, 0.1) is 64.5 Å². The van der Waals surface area contributed by atoms with E-state index in [9.17, 15) is 8.78 Å². The first-order valence-corrected chi connectivity index (χ1v) is 40.8. The lowest BCUT2D eigenvalue weighted by Crippen LogP contribution is -2.44. The van der Waals surface area contributed by atoms with E-state index in [1.165, 1.54) is 72.8 Å². The summed E-state index contributed by atoms with van der Waals surface area (Å²) in [5.41, 5.74) is 23.7. The van der Waals surface area contributed by atoms with Crippen molar-refractivity contribution in [3.8, 4) is 5.75 Å². The van der Waals surface area contributed by atoms with Gasteiger partial charge in [-0.1, -0.05) is 236 Å². The summed E-state index contributed by atoms with van der Waals surface area (Å²) in [6, 6.07) is 33.5. The quantitative estimate of drug-likeness (QED) is 0.104. The Bertz CT molecular complexity index is 4910. The third-order valence-electron chi connectivity index (χ3n) is 27.9. The van der Waals surface area contributed by atoms with Gasteiger partial charge in [0.25, 0.3) is 0 Å². The summed E-state index contributed by atoms with van der Waals surface area (Å²) in [5.74, 6) is 4.09. The van der Waals surface area contributed by atoms with Crippen molar-refractivity contribution in [2.75, 3.05) is 9.80 Å². The van der Waals surface area contributed by atoms with E-state index in [4.69, 9.17) is 4.74 Å². The molecule has 538 valence electrons. The Labute approximate surface area is 634 Å². The number of hydrogen-bond donors (Lipinski definition) is 0. The Morgan fingerprint density at radius 1 is 0.589 bits per heavy atom. The molecule has 1 fully saturated rings. The molecule has 0 aromatic heterocycles. The van der Waals surface area contributed by atoms with E-state index < -0.39 is 6.17 Å². The van der Waals surface area contributed by atoms with Crippen molar-refractivity contribution in [3.63, 3.8) is 0 Å². The topological polar surface area (TPSA) is 15.7 Å². The van der Waals surface area contributed by atoms with E-state index in [-0.39, 0.29) is 52.5 Å². The van der Waals surface area contributed by atoms with Crippen molar-refractivity contribution in [1.82, 2.24) is 0 Å². The van der Waals surface area contributed by atoms with Gasteiger partial charge in [0.15, 0.2) is 0 Å². The number of halogens is 2. The molecule has 4 aromatic carbocycles. The minimum Gasteiger partial charge on any atom is -0.485 e. The summed E-state index contributed by atoms with van der Waals surface area (Å²) < 4.78 is 35.9. The van der Waals surface area contributed by atoms with Gasteiger partial charge in [-0.3, -0.25) is 0 Å². The van der Waals surface area contributed by atoms with Crippen LogP contribution in [0.4, 0.5) is 20.2 Å². The molecule has 0 radical (unpaired) electrons. The van der Waals surface area contributed by atoms with E-state index in [1.807, 2.05) is 18.2 Å². The predicted molar refractivity (Wildman–Crippen MR) is 439 cm³/mol. The highest BCUT2D eigenvalue weighted by Gasteiger charge is 2.62. The molecular weight excluding hydrogens is 1310 g/mol. The molecule has 16 unspecified atom stereocenters. The van der Waals surface area contributed by atoms with Gasteiger partial charge in [0.05, 0.1) is 6.04 Å². The standard InChI is InChI=1S/C102H100F2N2O/c1-3-67-29-41-79(42-30-67)101(77-21-7-5-8-22-77)95-27-13-11-25-89(95)91-57-53-87(65-97(91)101)105(83-49-37-71(38-50-83)75-19-15-17-73(61-75)69-33-45-81(103)46-34-69)85-55-59-99-93(63-85)94-64-86(56-60-100(94)107-99)106(84-51-39-72(40-52-84)76-20-16-18-74(62-76)70-35-47-82(104)48-36-70)88-54-58-92-90-26-12-14-28-96(90)102(98(92)66-88,78-23-9-6-10-24-78)80-43-31-68(4-2)32-44-80/h3-7,9,11-13,15,17-19,21,25-27,29,31-35,39-46,49,51-60,62-64,66-67,71,73,78,82,87,89,91-92,94-95,97-98,100H,1-2,8,10,14,16,20,22-24,28,30,36-38,47-48,50,61,65H2. The van der Waals surface area contributed by atoms with Gasteiger partial charge < -0.3 is 14.5 Å². The number of benzene rings is 4. The zero-order valence-corrected chi connectivity index (χ0v) is 61.8. The van der Waals surface area contributed by atoms with Crippen molar-refractivity contribution in [2.45, 2.75) is 151 Å². The number of fused-ring (bicyclic) bond motifs is 8. The first-order chi connectivity index (χ1) is 52.7. The second-order valence-corrected chi connectivity index (χ2v) is 33.1. The molecule has 0 amide bonds. The highest BCUT2D eigenvalue weighted by molar-refractivity contribution is 5.75. The van der Waals surface area contributed by atoms with E-state index in [2.05, 4.69) is 272 Å². The van der Waals surface area contributed by atoms with Crippen LogP contribution in [0.2, 0.25) is 0 Å². The molecule has 1 heterocycles. The number of anilines is 2. The molecule has 16 atom stereocenters. The summed E-state index contributed by atoms with van der Waals surface area (Å²) in [6.07, 6.45) is 91.9. The van der Waals surface area contributed by atoms with Gasteiger partial charge >= 0.3 is 0 Å². The van der Waals surface area contributed by atoms with Crippen molar-refractivity contribution in [3.05, 3.63) is 376 Å². The predicted octanol–water partition coefficient (Wildman–Crippen LogP) is 25.5. The Morgan fingerprint density at radius 3 is 2.24 bits per heavy atom. The second kappa shape index (κ2) is 28.5. The van der Waals surface area contributed by atoms with Gasteiger partial charge in [-0.15, -0.1) is 6.58 Å². The molecule has 1 aliphatic heterocycles. The minimum absolute atomic E-state index is 0.0489. The average Bonchev–Trinajstić information content (AvgIpc) is 1.55. The van der Waals surface area contributed by atoms with E-state index in [0.717, 1.165) is 125 Å². The molecule has 15 aliphatic rings. The first-order valence-electron chi connectivity index (χ1n) is 40.8. The molecule has 1 saturated carbocycles. The molecule has 0 bridgehead atoms. The van der Waals surface area contributed by atoms with Crippen molar-refractivity contribution < 1.29 is 13.5 Å². The van der Waals surface area contributed by atoms with E-state index in [0.29, 0.717) is 54.3 Å². The van der Waals surface area contributed by atoms with Crippen molar-refractivity contribution in [2.24, 2.45) is 58.7 Å². The fourth-order valence-electron chi connectivity index (χ4n) is 22.9. The normalized spacial score (nSPS) is 33.2. The Balaban J connectivity index is 0.719. The first kappa shape index (κ1) is 68.0. The zero-order chi connectivity index (χ0) is 71.7. The smallest absolute Gasteiger partial charge is 0.128 e. The number of alkyl halides is 1. The van der Waals surface area contributed by atoms with Gasteiger partial charge in [0.1, 0.15) is 23.8 Å². The third-order valence-corrected chi connectivity index (χ3v) is 27.9. The lowest BCUT2D eigenvalue weighted by molar-refractivity contribution is 0.219. The molecule has 14 aliphatic carbocycles. The summed E-state index contributed by atoms with van der Waals surface area (Å²) in [4.78, 5) is 5.39. The van der Waals surface area contributed by atoms with Crippen LogP contribution < -0.4 is 14.5 Å². The van der Waals surface area contributed by atoms with Gasteiger partial charge in [0.2, 0.25) is 0 Å². The SMILES string of the molecule is C=Cc1ccc(C2(C3CC=CCC3)C3=C(C=CCC3)C3C=CC(N(C4=CC5c6cc(N(C7=CCC(C8=CC=CC(c9ccc(F)cc9)C8)CC7)C7C=CC8C9C=CC=CC9C(C9=CCC(C=C)C=C9)(C9=CC=CCC9)C8C7)ccc6OC5C=C4)c4ccc(C5=CC(C6=CCC(F)CC6)=CCC5)cc4)=CC32)cc1. The summed E-state index contributed by atoms with van der Waals surface area (Å²) in [5, 5.41) is 0. The lowest BCUT2D eigenvalue weighted by Gasteiger charge is -2.49. The van der Waals surface area contributed by atoms with E-state index in [1.54, 1.807) is 23.3 Å². The van der Waals surface area contributed by atoms with Crippen LogP contribution in [0.15, 0.2) is 343 Å². The van der Waals surface area contributed by atoms with Gasteiger partial charge in [-0.05, 0) is 274 Å². The third kappa shape index (κ3) is 11.9. The van der Waals surface area contributed by atoms with Gasteiger partial charge in [-0.2, -0.15) is 0 Å². The summed E-state index contributed by atoms with van der Waals surface area (Å²) in [6.45, 7) is 8.47. The summed E-state index contributed by atoms with van der Waals surface area (Å²) >= 11 is 0. The maximum atomic E-state index is 14.5. The molecule has 3 nitrogen and oxygen atoms in total. The Morgan fingerprint density at radius 2 is 1.45 bits per heavy atom. The second-order valence-electron chi connectivity index (χ2n) is 33.1. The average molecular weight is 1410 g/mol. The number of hydrogen-bond acceptors (Lipinski definition) is 3. The molecule has 107 heavy (non-hydrogen) atoms. The van der Waals surface area contributed by atoms with Crippen LogP contribution in [0.1, 0.15) is 155 Å². The fraction of sp³-hybridized carbons (Fsp3) is 0.333. The van der Waals surface area contributed by atoms with Gasteiger partial charge in [-0.25, -0.2) is 8.78 Å². The number of ether oxygens (including phenoxy) is 1. The molecule has 0 N–H and O–H groups in total. The van der Waals surface area contributed by atoms with Crippen LogP contribution in [-0.2, 0) is 5.41 Å². The van der Waals surface area contributed by atoms with Crippen LogP contribution in [0.5, 0.6) is 5.75 Å². The fourth-order valence-corrected chi connectivity index (χ4v) is 22.9. The monoisotopic (exact) mass is 1410 g/mol. The highest BCUT2D eigenvalue weighted by Crippen LogP contribution is 2.69. The number of nitrogens with zero attached hydrogens (tertiary/aromatic N) is 2. The van der Waals surface area contributed by atoms with Crippen LogP contribution >= 0.6 is 0 Å². The molecule has 0 saturated heterocycles. The Kier molecular flexibility index (Phi) is 18.1. The lowest BCUT2D eigenvalue weighted by atomic mass is 9.56. The van der Waals surface area contributed by atoms with Crippen molar-refractivity contribution in [1.29, 1.82) is 0 Å². The van der Waals surface area contributed by atoms with Crippen LogP contribution in [0.25, 0.3) is 11.6 Å². The largest absolute Gasteiger partial charge is 0.485 e. The Hall–Kier alpha value is -9.58. The molecule has 0 spiro atoms. The molecular formula is C102H100F2N2O. The zero-order valence-electron chi connectivity index (χ0n) is 61.8. The van der Waals surface area contributed by atoms with Crippen LogP contribution in [0.3, 0.4) is 0 Å². The maximum Gasteiger partial charge on any atom is 0.128 e. The van der Waals surface area contributed by atoms with Crippen LogP contribution in [-0.4, -0.2) is 18.3 Å². The minimum atomic E-state index is -0.741. The molecule has 4 aromatic rings. The summed E-state index contributed by atoms with van der Waals surface area (Å²) in [7, 11) is 0. The molecule has 5 heteroatoms. The van der Waals surface area contributed by atoms with E-state index >= 15 is 0 Å². The molecule has 19 rings (SSSR count). The number of allylic oxidation sites excluding steroid dienone is 36. The van der Waals surface area contributed by atoms with Crippen molar-refractivity contribution >= 4 is 23.0 Å². The van der Waals surface area contributed by atoms with Gasteiger partial charge in [0, 0.05) is 68.5 Å².